The van der Waals surface area contributed by atoms with Crippen molar-refractivity contribution in [3.8, 4) is 5.75 Å². The minimum Gasteiger partial charge on any atom is -0.507 e. The van der Waals surface area contributed by atoms with Gasteiger partial charge in [0.05, 0.1) is 11.3 Å². The Morgan fingerprint density at radius 1 is 0.703 bits per heavy atom. The predicted octanol–water partition coefficient (Wildman–Crippen LogP) is 4.73. The van der Waals surface area contributed by atoms with E-state index in [4.69, 9.17) is 0 Å². The van der Waals surface area contributed by atoms with Crippen LogP contribution in [0.5, 0.6) is 5.75 Å². The van der Waals surface area contributed by atoms with Crippen molar-refractivity contribution in [2.45, 2.75) is 6.54 Å². The van der Waals surface area contributed by atoms with E-state index in [2.05, 4.69) is 16.0 Å². The third kappa shape index (κ3) is 6.70. The molecule has 0 heterocycles. The second-order valence-electron chi connectivity index (χ2n) is 8.10. The van der Waals surface area contributed by atoms with Crippen LogP contribution >= 0.6 is 0 Å². The zero-order chi connectivity index (χ0) is 26.0. The molecule has 0 atom stereocenters. The fraction of sp³-hybridized carbons (Fsp3) is 0.0333. The number of carbonyl (C=O) groups is 3. The van der Waals surface area contributed by atoms with Crippen molar-refractivity contribution in [3.05, 3.63) is 137 Å². The van der Waals surface area contributed by atoms with Crippen LogP contribution in [0.2, 0.25) is 0 Å². The normalized spacial score (nSPS) is 10.9. The van der Waals surface area contributed by atoms with E-state index in [1.807, 2.05) is 30.3 Å². The third-order valence-corrected chi connectivity index (χ3v) is 5.48. The second-order valence-corrected chi connectivity index (χ2v) is 8.10. The molecule has 7 nitrogen and oxygen atoms in total. The fourth-order valence-electron chi connectivity index (χ4n) is 3.56. The zero-order valence-electron chi connectivity index (χ0n) is 19.8. The van der Waals surface area contributed by atoms with Crippen LogP contribution in [0.3, 0.4) is 0 Å². The van der Waals surface area contributed by atoms with E-state index >= 15 is 0 Å². The maximum absolute atomic E-state index is 13.3. The first kappa shape index (κ1) is 24.9. The van der Waals surface area contributed by atoms with E-state index < -0.39 is 11.8 Å². The van der Waals surface area contributed by atoms with E-state index in [0.29, 0.717) is 17.7 Å². The minimum absolute atomic E-state index is 0.0533. The smallest absolute Gasteiger partial charge is 0.272 e. The van der Waals surface area contributed by atoms with Gasteiger partial charge in [-0.05, 0) is 42.0 Å². The number of phenolic OH excluding ortho intramolecular Hbond substituents is 1. The van der Waals surface area contributed by atoms with E-state index in [-0.39, 0.29) is 28.6 Å². The topological polar surface area (TPSA) is 108 Å². The van der Waals surface area contributed by atoms with Gasteiger partial charge >= 0.3 is 0 Å². The third-order valence-electron chi connectivity index (χ3n) is 5.48. The highest BCUT2D eigenvalue weighted by Gasteiger charge is 2.18. The van der Waals surface area contributed by atoms with Gasteiger partial charge in [-0.1, -0.05) is 78.9 Å². The molecule has 4 aromatic carbocycles. The maximum atomic E-state index is 13.3. The highest BCUT2D eigenvalue weighted by Crippen LogP contribution is 2.21. The summed E-state index contributed by atoms with van der Waals surface area (Å²) in [5, 5.41) is 18.4. The zero-order valence-corrected chi connectivity index (χ0v) is 19.8. The molecule has 0 saturated heterocycles. The Hall–Kier alpha value is -5.17. The van der Waals surface area contributed by atoms with Crippen molar-refractivity contribution in [2.75, 3.05) is 5.32 Å². The lowest BCUT2D eigenvalue weighted by molar-refractivity contribution is -0.113. The average molecular weight is 492 g/mol. The first-order valence-corrected chi connectivity index (χ1v) is 11.6. The summed E-state index contributed by atoms with van der Waals surface area (Å²) in [6.07, 6.45) is 1.38. The molecular weight excluding hydrogens is 466 g/mol. The van der Waals surface area contributed by atoms with Gasteiger partial charge in [0.25, 0.3) is 17.7 Å². The van der Waals surface area contributed by atoms with Crippen LogP contribution in [0, 0.1) is 0 Å². The van der Waals surface area contributed by atoms with Crippen molar-refractivity contribution in [1.82, 2.24) is 10.6 Å². The van der Waals surface area contributed by atoms with Gasteiger partial charge in [0, 0.05) is 17.7 Å². The molecule has 0 radical (unpaired) electrons. The molecule has 0 fully saturated rings. The maximum Gasteiger partial charge on any atom is 0.272 e. The van der Waals surface area contributed by atoms with Gasteiger partial charge < -0.3 is 21.1 Å². The summed E-state index contributed by atoms with van der Waals surface area (Å²) in [4.78, 5) is 39.1. The summed E-state index contributed by atoms with van der Waals surface area (Å²) >= 11 is 0. The number of amides is 3. The summed E-state index contributed by atoms with van der Waals surface area (Å²) in [5.41, 5.74) is 2.08. The number of nitrogens with one attached hydrogen (secondary N) is 3. The van der Waals surface area contributed by atoms with Crippen molar-refractivity contribution in [1.29, 1.82) is 0 Å². The Labute approximate surface area is 214 Å². The Balaban J connectivity index is 1.57. The first-order chi connectivity index (χ1) is 18.0. The fourth-order valence-corrected chi connectivity index (χ4v) is 3.56. The van der Waals surface area contributed by atoms with E-state index in [0.717, 1.165) is 5.56 Å². The Bertz CT molecular complexity index is 1430. The van der Waals surface area contributed by atoms with Crippen LogP contribution in [0.25, 0.3) is 6.08 Å². The van der Waals surface area contributed by atoms with Gasteiger partial charge in [0.2, 0.25) is 0 Å². The van der Waals surface area contributed by atoms with Gasteiger partial charge in [0.1, 0.15) is 11.4 Å². The van der Waals surface area contributed by atoms with E-state index in [1.54, 1.807) is 72.8 Å². The highest BCUT2D eigenvalue weighted by molar-refractivity contribution is 6.13. The summed E-state index contributed by atoms with van der Waals surface area (Å²) in [7, 11) is 0. The number of hydrogen-bond acceptors (Lipinski definition) is 4. The summed E-state index contributed by atoms with van der Waals surface area (Å²) in [5.74, 6) is -1.57. The van der Waals surface area contributed by atoms with Gasteiger partial charge in [0.15, 0.2) is 0 Å². The molecule has 4 aromatic rings. The predicted molar refractivity (Wildman–Crippen MR) is 143 cm³/mol. The molecule has 3 amide bonds. The molecule has 7 heteroatoms. The van der Waals surface area contributed by atoms with Crippen LogP contribution in [0.1, 0.15) is 31.8 Å². The molecule has 0 bridgehead atoms. The molecular formula is C30H25N3O4. The number of carbonyl (C=O) groups excluding carboxylic acids is 3. The quantitative estimate of drug-likeness (QED) is 0.267. The number of para-hydroxylation sites is 2. The molecule has 0 aliphatic rings. The lowest BCUT2D eigenvalue weighted by Crippen LogP contribution is -2.31. The monoisotopic (exact) mass is 491 g/mol. The van der Waals surface area contributed by atoms with Crippen LogP contribution < -0.4 is 16.0 Å². The first-order valence-electron chi connectivity index (χ1n) is 11.6. The van der Waals surface area contributed by atoms with Crippen molar-refractivity contribution in [2.24, 2.45) is 0 Å². The molecule has 0 aliphatic heterocycles. The molecule has 0 aliphatic carbocycles. The molecule has 0 unspecified atom stereocenters. The molecule has 4 N–H and O–H groups in total. The van der Waals surface area contributed by atoms with Crippen LogP contribution in [0.15, 0.2) is 115 Å². The van der Waals surface area contributed by atoms with Gasteiger partial charge in [-0.25, -0.2) is 0 Å². The Kier molecular flexibility index (Phi) is 8.08. The van der Waals surface area contributed by atoms with Gasteiger partial charge in [-0.3, -0.25) is 14.4 Å². The van der Waals surface area contributed by atoms with E-state index in [9.17, 15) is 19.5 Å². The molecule has 4 rings (SSSR count). The van der Waals surface area contributed by atoms with Crippen LogP contribution in [0.4, 0.5) is 5.69 Å². The lowest BCUT2D eigenvalue weighted by Gasteiger charge is -2.14. The number of hydrogen-bond donors (Lipinski definition) is 4. The molecule has 184 valence electrons. The lowest BCUT2D eigenvalue weighted by atomic mass is 10.1. The molecule has 0 saturated carbocycles. The average Bonchev–Trinajstić information content (AvgIpc) is 2.93. The second kappa shape index (κ2) is 12.0. The molecule has 37 heavy (non-hydrogen) atoms. The van der Waals surface area contributed by atoms with Crippen LogP contribution in [-0.2, 0) is 11.3 Å². The molecule has 0 spiro atoms. The number of phenols is 1. The van der Waals surface area contributed by atoms with Crippen molar-refractivity contribution in [3.63, 3.8) is 0 Å². The summed E-state index contributed by atoms with van der Waals surface area (Å²) in [6, 6.07) is 31.0. The van der Waals surface area contributed by atoms with Gasteiger partial charge in [-0.2, -0.15) is 0 Å². The number of anilines is 1. The summed E-state index contributed by atoms with van der Waals surface area (Å²) in [6.45, 7) is 0.327. The molecule has 0 aromatic heterocycles. The minimum atomic E-state index is -0.657. The van der Waals surface area contributed by atoms with Crippen molar-refractivity contribution < 1.29 is 19.5 Å². The van der Waals surface area contributed by atoms with E-state index in [1.165, 1.54) is 12.1 Å². The highest BCUT2D eigenvalue weighted by atomic mass is 16.3. The number of aromatic hydroxyl groups is 1. The van der Waals surface area contributed by atoms with Gasteiger partial charge in [-0.15, -0.1) is 0 Å². The number of rotatable bonds is 8. The Morgan fingerprint density at radius 2 is 1.32 bits per heavy atom. The standard InChI is InChI=1S/C30H25N3O4/c34-27-18-10-7-15-23(27)19-26(33-28(35)22-13-5-2-6-14-22)30(37)32-25-17-9-8-16-24(25)29(36)31-20-21-11-3-1-4-12-21/h1-19,34H,20H2,(H,31,36)(H,32,37)(H,33,35)/b26-19-. The van der Waals surface area contributed by atoms with Crippen molar-refractivity contribution >= 4 is 29.5 Å². The summed E-state index contributed by atoms with van der Waals surface area (Å²) < 4.78 is 0. The Morgan fingerprint density at radius 3 is 2.05 bits per heavy atom. The van der Waals surface area contributed by atoms with Crippen LogP contribution in [-0.4, -0.2) is 22.8 Å². The number of benzene rings is 4. The largest absolute Gasteiger partial charge is 0.507 e. The SMILES string of the molecule is O=C(Nc1ccccc1C(=O)NCc1ccccc1)/C(=C/c1ccccc1O)NC(=O)c1ccccc1.